The average molecular weight is 1250 g/mol. The highest BCUT2D eigenvalue weighted by Crippen LogP contribution is 2.69. The van der Waals surface area contributed by atoms with E-state index in [0.29, 0.717) is 0 Å². The van der Waals surface area contributed by atoms with Crippen LogP contribution in [0.25, 0.3) is 22.3 Å². The topological polar surface area (TPSA) is 9.72 Å². The minimum Gasteiger partial charge on any atom is -0.334 e. The van der Waals surface area contributed by atoms with E-state index in [-0.39, 0.29) is 39.2 Å². The van der Waals surface area contributed by atoms with Crippen LogP contribution in [0.2, 0.25) is 0 Å². The van der Waals surface area contributed by atoms with Crippen molar-refractivity contribution in [3.8, 4) is 22.3 Å². The fraction of sp³-hybridized carbons (Fsp3) is 0.267. The summed E-state index contributed by atoms with van der Waals surface area (Å²) in [4.78, 5) is 8.29. The number of anilines is 8. The second-order valence-corrected chi connectivity index (χ2v) is 36.7. The Hall–Kier alpha value is -8.90. The number of nitrogens with zero attached hydrogens (tertiary/aromatic N) is 3. The van der Waals surface area contributed by atoms with E-state index in [0.717, 1.165) is 12.8 Å². The number of hydrogen-bond donors (Lipinski definition) is 0. The lowest BCUT2D eigenvalue weighted by Crippen LogP contribution is -2.74. The maximum absolute atomic E-state index is 2.96. The minimum absolute atomic E-state index is 0.000535. The first-order valence-corrected chi connectivity index (χ1v) is 36.8. The van der Waals surface area contributed by atoms with Crippen molar-refractivity contribution in [1.29, 1.82) is 0 Å². The van der Waals surface area contributed by atoms with Gasteiger partial charge in [0.2, 0.25) is 0 Å². The van der Waals surface area contributed by atoms with Crippen LogP contribution in [-0.4, -0.2) is 20.3 Å². The van der Waals surface area contributed by atoms with Crippen LogP contribution in [0.3, 0.4) is 0 Å². The second kappa shape index (κ2) is 22.1. The number of hydrogen-bond acceptors (Lipinski definition) is 3. The van der Waals surface area contributed by atoms with E-state index in [1.807, 2.05) is 0 Å². The Morgan fingerprint density at radius 2 is 0.726 bits per heavy atom. The molecule has 1 fully saturated rings. The van der Waals surface area contributed by atoms with E-state index >= 15 is 0 Å². The van der Waals surface area contributed by atoms with E-state index in [1.54, 1.807) is 0 Å². The molecule has 0 aromatic heterocycles. The molecular formula is C90H92BN3Si. The zero-order valence-electron chi connectivity index (χ0n) is 58.7. The van der Waals surface area contributed by atoms with Crippen molar-refractivity contribution in [2.45, 2.75) is 144 Å². The number of fused-ring (bicyclic) bond motifs is 7. The summed E-state index contributed by atoms with van der Waals surface area (Å²) in [6.45, 7) is 36.7. The molecule has 3 heterocycles. The molecule has 15 rings (SSSR count). The van der Waals surface area contributed by atoms with Crippen LogP contribution in [0.4, 0.5) is 45.5 Å². The Kier molecular flexibility index (Phi) is 14.5. The van der Waals surface area contributed by atoms with Gasteiger partial charge in [-0.3, -0.25) is 0 Å². The molecule has 0 N–H and O–H groups in total. The lowest BCUT2D eigenvalue weighted by Gasteiger charge is -2.61. The van der Waals surface area contributed by atoms with Crippen LogP contribution >= 0.6 is 0 Å². The van der Waals surface area contributed by atoms with Gasteiger partial charge in [0.25, 0.3) is 6.71 Å². The van der Waals surface area contributed by atoms with Crippen molar-refractivity contribution in [1.82, 2.24) is 0 Å². The highest BCUT2D eigenvalue weighted by atomic mass is 28.3. The van der Waals surface area contributed by atoms with Crippen LogP contribution < -0.4 is 51.8 Å². The van der Waals surface area contributed by atoms with Gasteiger partial charge in [-0.25, -0.2) is 0 Å². The smallest absolute Gasteiger partial charge is 0.252 e. The summed E-state index contributed by atoms with van der Waals surface area (Å²) in [6, 6.07) is 102. The zero-order chi connectivity index (χ0) is 66.4. The van der Waals surface area contributed by atoms with Crippen molar-refractivity contribution in [3.63, 3.8) is 0 Å². The summed E-state index contributed by atoms with van der Waals surface area (Å²) in [5.74, 6) is 0. The lowest BCUT2D eigenvalue weighted by molar-refractivity contribution is -0.0311. The molecule has 1 aliphatic carbocycles. The highest BCUT2D eigenvalue weighted by molar-refractivity contribution is 7.20. The molecule has 0 spiro atoms. The van der Waals surface area contributed by atoms with Crippen LogP contribution in [0.15, 0.2) is 261 Å². The van der Waals surface area contributed by atoms with Crippen molar-refractivity contribution >= 4 is 97.4 Å². The van der Waals surface area contributed by atoms with Gasteiger partial charge in [-0.1, -0.05) is 303 Å². The van der Waals surface area contributed by atoms with Crippen LogP contribution in [0, 0.1) is 10.8 Å². The predicted molar refractivity (Wildman–Crippen MR) is 412 cm³/mol. The third-order valence-electron chi connectivity index (χ3n) is 23.4. The molecule has 0 amide bonds. The first-order valence-electron chi connectivity index (χ1n) is 34.8. The monoisotopic (exact) mass is 1250 g/mol. The standard InChI is InChI=1S/C90H92BN3Si/c1-84(2,3)63-45-49-76(71(53-63)61-33-21-16-22-34-61)92-79-44-32-31-43-74(79)91-75-55-65(86(7,8)9)47-51-80(75)93(77-50-46-64(85(4,5)6)54-72(77)62-35-23-17-24-36-62)82-57-66(56-81(92)83(82)91)94-78-52-48-70(58-73(78)89(14)59-87(10,11)88(12,13)60-90(89,94)15)95(67-37-25-18-26-38-67,68-39-27-19-28-40-68)69-41-29-20-30-42-69/h16-58H,59-60H2,1-15H3. The molecule has 1 saturated carbocycles. The van der Waals surface area contributed by atoms with Gasteiger partial charge >= 0.3 is 0 Å². The molecule has 0 radical (unpaired) electrons. The Morgan fingerprint density at radius 1 is 0.337 bits per heavy atom. The third kappa shape index (κ3) is 9.70. The summed E-state index contributed by atoms with van der Waals surface area (Å²) in [5.41, 5.74) is 22.9. The average Bonchev–Trinajstić information content (AvgIpc) is 1.58. The molecule has 5 heteroatoms. The number of para-hydroxylation sites is 1. The normalized spacial score (nSPS) is 18.6. The molecule has 4 aliphatic rings. The van der Waals surface area contributed by atoms with Crippen LogP contribution in [-0.2, 0) is 21.7 Å². The summed E-state index contributed by atoms with van der Waals surface area (Å²) >= 11 is 0. The van der Waals surface area contributed by atoms with Crippen LogP contribution in [0.1, 0.15) is 139 Å². The fourth-order valence-corrected chi connectivity index (χ4v) is 22.4. The van der Waals surface area contributed by atoms with Gasteiger partial charge in [0.1, 0.15) is 0 Å². The fourth-order valence-electron chi connectivity index (χ4n) is 17.6. The van der Waals surface area contributed by atoms with Gasteiger partial charge in [-0.15, -0.1) is 0 Å². The summed E-state index contributed by atoms with van der Waals surface area (Å²) < 4.78 is 0. The van der Waals surface area contributed by atoms with Gasteiger partial charge in [-0.05, 0) is 172 Å². The Bertz CT molecular complexity index is 4650. The largest absolute Gasteiger partial charge is 0.334 e. The summed E-state index contributed by atoms with van der Waals surface area (Å²) in [7, 11) is -2.96. The number of benzene rings is 11. The minimum atomic E-state index is -2.96. The van der Waals surface area contributed by atoms with Crippen molar-refractivity contribution < 1.29 is 0 Å². The first-order chi connectivity index (χ1) is 45.2. The Labute approximate surface area is 568 Å². The van der Waals surface area contributed by atoms with Gasteiger partial charge in [-0.2, -0.15) is 0 Å². The molecule has 3 nitrogen and oxygen atoms in total. The molecule has 474 valence electrons. The summed E-state index contributed by atoms with van der Waals surface area (Å²) in [5, 5.41) is 5.58. The van der Waals surface area contributed by atoms with Gasteiger partial charge in [0, 0.05) is 50.7 Å². The molecule has 0 bridgehead atoms. The van der Waals surface area contributed by atoms with Crippen molar-refractivity contribution in [3.05, 3.63) is 283 Å². The summed E-state index contributed by atoms with van der Waals surface area (Å²) in [6.07, 6.45) is 2.00. The van der Waals surface area contributed by atoms with Crippen molar-refractivity contribution in [2.24, 2.45) is 10.8 Å². The highest BCUT2D eigenvalue weighted by Gasteiger charge is 2.66. The van der Waals surface area contributed by atoms with Crippen LogP contribution in [0.5, 0.6) is 0 Å². The Morgan fingerprint density at radius 3 is 1.19 bits per heavy atom. The van der Waals surface area contributed by atoms with E-state index in [1.165, 1.54) is 127 Å². The molecule has 3 aliphatic heterocycles. The van der Waals surface area contributed by atoms with Crippen molar-refractivity contribution in [2.75, 3.05) is 14.7 Å². The maximum atomic E-state index is 2.89. The zero-order valence-corrected chi connectivity index (χ0v) is 59.7. The molecule has 2 unspecified atom stereocenters. The van der Waals surface area contributed by atoms with E-state index in [4.69, 9.17) is 0 Å². The third-order valence-corrected chi connectivity index (χ3v) is 28.2. The number of rotatable bonds is 9. The maximum Gasteiger partial charge on any atom is 0.252 e. The van der Waals surface area contributed by atoms with E-state index in [9.17, 15) is 0 Å². The SMILES string of the molecule is CC(C)(C)c1ccc2c(c1)B1c3ccccc3N(c3ccc(C(C)(C)C)cc3-c3ccccc3)c3cc(N4c5ccc([Si](c6ccccc6)(c6ccccc6)c6ccccc6)cc5C5(C)CC(C)(C)C(C)(C)CC45C)cc(c31)N2c1ccc(C(C)(C)C)cc1-c1ccccc1. The predicted octanol–water partition coefficient (Wildman–Crippen LogP) is 19.4. The Balaban J connectivity index is 1.09. The molecule has 0 saturated heterocycles. The molecule has 11 aromatic rings. The molecule has 95 heavy (non-hydrogen) atoms. The van der Waals surface area contributed by atoms with Gasteiger partial charge in [0.05, 0.1) is 16.9 Å². The van der Waals surface area contributed by atoms with E-state index < -0.39 is 13.6 Å². The van der Waals surface area contributed by atoms with E-state index in [2.05, 4.69) is 379 Å². The molecular weight excluding hydrogens is 1160 g/mol. The molecule has 2 atom stereocenters. The lowest BCUT2D eigenvalue weighted by atomic mass is 9.33. The van der Waals surface area contributed by atoms with Gasteiger partial charge < -0.3 is 14.7 Å². The quantitative estimate of drug-likeness (QED) is 0.105. The molecule has 11 aromatic carbocycles. The second-order valence-electron chi connectivity index (χ2n) is 32.9. The van der Waals surface area contributed by atoms with Gasteiger partial charge in [0.15, 0.2) is 8.07 Å². The first kappa shape index (κ1) is 62.2.